The van der Waals surface area contributed by atoms with Gasteiger partial charge in [-0.1, -0.05) is 43.2 Å². The zero-order valence-corrected chi connectivity index (χ0v) is 15.4. The van der Waals surface area contributed by atoms with Crippen LogP contribution in [0, 0.1) is 6.92 Å². The summed E-state index contributed by atoms with van der Waals surface area (Å²) in [5.74, 6) is 1.54. The van der Waals surface area contributed by atoms with Gasteiger partial charge in [0.2, 0.25) is 5.91 Å². The smallest absolute Gasteiger partial charge is 0.240 e. The number of fused-ring (bicyclic) bond motifs is 1. The Morgan fingerprint density at radius 1 is 1.15 bits per heavy atom. The first-order valence-electron chi connectivity index (χ1n) is 9.07. The molecule has 3 rings (SSSR count). The molecule has 0 aliphatic carbocycles. The number of nitrogens with zero attached hydrogens (tertiary/aromatic N) is 2. The summed E-state index contributed by atoms with van der Waals surface area (Å²) in [5.41, 5.74) is 3.00. The molecule has 0 saturated heterocycles. The van der Waals surface area contributed by atoms with E-state index in [1.807, 2.05) is 60.0 Å². The van der Waals surface area contributed by atoms with Crippen LogP contribution >= 0.6 is 0 Å². The highest BCUT2D eigenvalue weighted by atomic mass is 16.5. The van der Waals surface area contributed by atoms with Gasteiger partial charge < -0.3 is 14.6 Å². The molecule has 1 aromatic heterocycles. The average molecular weight is 351 g/mol. The van der Waals surface area contributed by atoms with Crippen LogP contribution in [0.5, 0.6) is 5.75 Å². The number of aryl methyl sites for hydroxylation is 1. The number of hydrogen-bond acceptors (Lipinski definition) is 3. The molecule has 0 unspecified atom stereocenters. The second-order valence-electron chi connectivity index (χ2n) is 6.41. The topological polar surface area (TPSA) is 56.2 Å². The Bertz CT molecular complexity index is 869. The lowest BCUT2D eigenvalue weighted by Crippen LogP contribution is -2.29. The molecule has 0 radical (unpaired) electrons. The second-order valence-corrected chi connectivity index (χ2v) is 6.41. The van der Waals surface area contributed by atoms with Crippen LogP contribution in [0.25, 0.3) is 11.0 Å². The van der Waals surface area contributed by atoms with Gasteiger partial charge in [-0.05, 0) is 37.6 Å². The van der Waals surface area contributed by atoms with Crippen molar-refractivity contribution >= 4 is 16.9 Å². The number of imidazole rings is 1. The molecule has 0 aliphatic heterocycles. The summed E-state index contributed by atoms with van der Waals surface area (Å²) in [7, 11) is 0. The molecule has 26 heavy (non-hydrogen) atoms. The minimum absolute atomic E-state index is 0.00168. The maximum Gasteiger partial charge on any atom is 0.240 e. The quantitative estimate of drug-likeness (QED) is 0.627. The molecule has 2 aromatic carbocycles. The Morgan fingerprint density at radius 3 is 2.69 bits per heavy atom. The number of amides is 1. The molecule has 0 saturated carbocycles. The fourth-order valence-electron chi connectivity index (χ4n) is 2.80. The van der Waals surface area contributed by atoms with Gasteiger partial charge in [0, 0.05) is 6.54 Å². The number of carbonyl (C=O) groups excluding carboxylic acids is 1. The molecule has 0 bridgehead atoms. The van der Waals surface area contributed by atoms with E-state index in [1.165, 1.54) is 5.56 Å². The molecule has 0 fully saturated rings. The van der Waals surface area contributed by atoms with Crippen LogP contribution in [-0.4, -0.2) is 22.0 Å². The standard InChI is InChI=1S/C21H25N3O2/c1-3-4-13-22-21(25)14-24-19-8-6-5-7-18(19)23-20(24)15-26-17-11-9-16(2)10-12-17/h5-12H,3-4,13-15H2,1-2H3,(H,22,25). The molecule has 5 heteroatoms. The summed E-state index contributed by atoms with van der Waals surface area (Å²) in [4.78, 5) is 16.9. The fourth-order valence-corrected chi connectivity index (χ4v) is 2.80. The number of hydrogen-bond donors (Lipinski definition) is 1. The molecule has 0 aliphatic rings. The molecule has 1 N–H and O–H groups in total. The second kappa shape index (κ2) is 8.52. The van der Waals surface area contributed by atoms with Crippen molar-refractivity contribution in [3.8, 4) is 5.75 Å². The van der Waals surface area contributed by atoms with Crippen molar-refractivity contribution in [1.29, 1.82) is 0 Å². The maximum atomic E-state index is 12.3. The van der Waals surface area contributed by atoms with E-state index in [0.717, 1.165) is 35.4 Å². The van der Waals surface area contributed by atoms with Crippen LogP contribution < -0.4 is 10.1 Å². The van der Waals surface area contributed by atoms with Gasteiger partial charge >= 0.3 is 0 Å². The van der Waals surface area contributed by atoms with Gasteiger partial charge in [-0.25, -0.2) is 4.98 Å². The zero-order valence-electron chi connectivity index (χ0n) is 15.4. The van der Waals surface area contributed by atoms with Crippen molar-refractivity contribution in [3.63, 3.8) is 0 Å². The lowest BCUT2D eigenvalue weighted by molar-refractivity contribution is -0.121. The molecule has 1 amide bonds. The third kappa shape index (κ3) is 4.42. The van der Waals surface area contributed by atoms with Crippen molar-refractivity contribution < 1.29 is 9.53 Å². The van der Waals surface area contributed by atoms with Crippen molar-refractivity contribution in [1.82, 2.24) is 14.9 Å². The Labute approximate surface area is 154 Å². The van der Waals surface area contributed by atoms with E-state index in [2.05, 4.69) is 17.2 Å². The predicted octanol–water partition coefficient (Wildman–Crippen LogP) is 3.84. The minimum atomic E-state index is -0.00168. The van der Waals surface area contributed by atoms with Gasteiger partial charge in [-0.2, -0.15) is 0 Å². The van der Waals surface area contributed by atoms with Crippen LogP contribution in [0.4, 0.5) is 0 Å². The maximum absolute atomic E-state index is 12.3. The number of benzene rings is 2. The normalized spacial score (nSPS) is 10.8. The van der Waals surface area contributed by atoms with Crippen LogP contribution in [-0.2, 0) is 17.9 Å². The average Bonchev–Trinajstić information content (AvgIpc) is 2.99. The Hall–Kier alpha value is -2.82. The summed E-state index contributed by atoms with van der Waals surface area (Å²) in [6.07, 6.45) is 2.05. The Balaban J connectivity index is 1.77. The third-order valence-corrected chi connectivity index (χ3v) is 4.28. The first-order valence-corrected chi connectivity index (χ1v) is 9.07. The van der Waals surface area contributed by atoms with Crippen LogP contribution in [0.3, 0.4) is 0 Å². The summed E-state index contributed by atoms with van der Waals surface area (Å²) in [5, 5.41) is 2.97. The number of para-hydroxylation sites is 2. The van der Waals surface area contributed by atoms with Crippen molar-refractivity contribution in [2.75, 3.05) is 6.54 Å². The molecule has 0 spiro atoms. The van der Waals surface area contributed by atoms with E-state index in [0.29, 0.717) is 13.2 Å². The number of nitrogens with one attached hydrogen (secondary N) is 1. The number of ether oxygens (including phenoxy) is 1. The Morgan fingerprint density at radius 2 is 1.92 bits per heavy atom. The zero-order chi connectivity index (χ0) is 18.4. The third-order valence-electron chi connectivity index (χ3n) is 4.28. The first kappa shape index (κ1) is 18.0. The highest BCUT2D eigenvalue weighted by Gasteiger charge is 2.14. The van der Waals surface area contributed by atoms with Gasteiger partial charge in [0.1, 0.15) is 24.7 Å². The fraction of sp³-hybridized carbons (Fsp3) is 0.333. The number of carbonyl (C=O) groups is 1. The van der Waals surface area contributed by atoms with Crippen molar-refractivity contribution in [2.24, 2.45) is 0 Å². The summed E-state index contributed by atoms with van der Waals surface area (Å²) in [6, 6.07) is 15.8. The highest BCUT2D eigenvalue weighted by molar-refractivity contribution is 5.81. The van der Waals surface area contributed by atoms with E-state index in [-0.39, 0.29) is 12.5 Å². The molecule has 5 nitrogen and oxygen atoms in total. The van der Waals surface area contributed by atoms with Crippen LogP contribution in [0.15, 0.2) is 48.5 Å². The number of aromatic nitrogens is 2. The summed E-state index contributed by atoms with van der Waals surface area (Å²) in [6.45, 7) is 5.42. The van der Waals surface area contributed by atoms with Crippen LogP contribution in [0.1, 0.15) is 31.2 Å². The van der Waals surface area contributed by atoms with E-state index < -0.39 is 0 Å². The number of unbranched alkanes of at least 4 members (excludes halogenated alkanes) is 1. The molecule has 3 aromatic rings. The van der Waals surface area contributed by atoms with Gasteiger partial charge in [0.05, 0.1) is 11.0 Å². The van der Waals surface area contributed by atoms with E-state index >= 15 is 0 Å². The summed E-state index contributed by atoms with van der Waals surface area (Å²) >= 11 is 0. The lowest BCUT2D eigenvalue weighted by Gasteiger charge is -2.11. The Kier molecular flexibility index (Phi) is 5.89. The van der Waals surface area contributed by atoms with Crippen molar-refractivity contribution in [3.05, 3.63) is 59.9 Å². The minimum Gasteiger partial charge on any atom is -0.486 e. The highest BCUT2D eigenvalue weighted by Crippen LogP contribution is 2.18. The first-order chi connectivity index (χ1) is 12.7. The van der Waals surface area contributed by atoms with Gasteiger partial charge in [-0.3, -0.25) is 4.79 Å². The van der Waals surface area contributed by atoms with Crippen molar-refractivity contribution in [2.45, 2.75) is 39.8 Å². The molecule has 1 heterocycles. The van der Waals surface area contributed by atoms with E-state index in [9.17, 15) is 4.79 Å². The van der Waals surface area contributed by atoms with Gasteiger partial charge in [-0.15, -0.1) is 0 Å². The van der Waals surface area contributed by atoms with E-state index in [1.54, 1.807) is 0 Å². The SMILES string of the molecule is CCCCNC(=O)Cn1c(COc2ccc(C)cc2)nc2ccccc21. The molecular weight excluding hydrogens is 326 g/mol. The van der Waals surface area contributed by atoms with E-state index in [4.69, 9.17) is 4.74 Å². The monoisotopic (exact) mass is 351 g/mol. The number of rotatable bonds is 8. The lowest BCUT2D eigenvalue weighted by atomic mass is 10.2. The predicted molar refractivity (Wildman–Crippen MR) is 103 cm³/mol. The molecule has 136 valence electrons. The van der Waals surface area contributed by atoms with Gasteiger partial charge in [0.25, 0.3) is 0 Å². The van der Waals surface area contributed by atoms with Gasteiger partial charge in [0.15, 0.2) is 0 Å². The largest absolute Gasteiger partial charge is 0.486 e. The van der Waals surface area contributed by atoms with Crippen LogP contribution in [0.2, 0.25) is 0 Å². The summed E-state index contributed by atoms with van der Waals surface area (Å²) < 4.78 is 7.82. The molecular formula is C21H25N3O2. The molecule has 0 atom stereocenters.